The minimum atomic E-state index is -0.436. The predicted octanol–water partition coefficient (Wildman–Crippen LogP) is 3.20. The van der Waals surface area contributed by atoms with E-state index in [-0.39, 0.29) is 24.1 Å². The predicted molar refractivity (Wildman–Crippen MR) is 109 cm³/mol. The first-order valence-corrected chi connectivity index (χ1v) is 10.1. The summed E-state index contributed by atoms with van der Waals surface area (Å²) in [6, 6.07) is 8.54. The molecule has 2 aliphatic heterocycles. The van der Waals surface area contributed by atoms with Crippen LogP contribution in [0.4, 0.5) is 15.8 Å². The lowest BCUT2D eigenvalue weighted by molar-refractivity contribution is -0.128. The minimum absolute atomic E-state index is 0.0476. The van der Waals surface area contributed by atoms with Gasteiger partial charge in [-0.15, -0.1) is 0 Å². The van der Waals surface area contributed by atoms with Gasteiger partial charge in [-0.2, -0.15) is 0 Å². The Hall–Kier alpha value is -2.96. The fourth-order valence-corrected chi connectivity index (χ4v) is 4.03. The summed E-state index contributed by atoms with van der Waals surface area (Å²) < 4.78 is 14.6. The van der Waals surface area contributed by atoms with Crippen molar-refractivity contribution in [2.24, 2.45) is 5.92 Å². The Bertz CT molecular complexity index is 884. The number of rotatable bonds is 5. The van der Waals surface area contributed by atoms with Crippen molar-refractivity contribution in [1.82, 2.24) is 9.88 Å². The van der Waals surface area contributed by atoms with Crippen LogP contribution in [-0.2, 0) is 16.1 Å². The molecule has 152 valence electrons. The number of aromatic nitrogens is 1. The van der Waals surface area contributed by atoms with Crippen molar-refractivity contribution in [1.29, 1.82) is 0 Å². The fraction of sp³-hybridized carbons (Fsp3) is 0.409. The van der Waals surface area contributed by atoms with Crippen molar-refractivity contribution in [3.8, 4) is 0 Å². The van der Waals surface area contributed by atoms with Gasteiger partial charge in [0.1, 0.15) is 5.82 Å². The number of piperidine rings is 1. The number of nitrogens with zero attached hydrogens (tertiary/aromatic N) is 3. The molecule has 1 atom stereocenters. The van der Waals surface area contributed by atoms with E-state index in [2.05, 4.69) is 15.2 Å². The summed E-state index contributed by atoms with van der Waals surface area (Å²) in [5.74, 6) is -1.06. The Labute approximate surface area is 169 Å². The highest BCUT2D eigenvalue weighted by atomic mass is 19.1. The minimum Gasteiger partial charge on any atom is -0.369 e. The van der Waals surface area contributed by atoms with Crippen LogP contribution in [-0.4, -0.2) is 41.3 Å². The first-order chi connectivity index (χ1) is 14.1. The van der Waals surface area contributed by atoms with Crippen LogP contribution in [0.15, 0.2) is 42.7 Å². The topological polar surface area (TPSA) is 65.5 Å². The maximum atomic E-state index is 14.6. The Morgan fingerprint density at radius 3 is 2.62 bits per heavy atom. The maximum Gasteiger partial charge on any atom is 0.229 e. The summed E-state index contributed by atoms with van der Waals surface area (Å²) in [4.78, 5) is 32.6. The van der Waals surface area contributed by atoms with E-state index >= 15 is 0 Å². The number of carbonyl (C=O) groups is 2. The summed E-state index contributed by atoms with van der Waals surface area (Å²) >= 11 is 0. The summed E-state index contributed by atoms with van der Waals surface area (Å²) in [5.41, 5.74) is 1.99. The molecule has 0 aliphatic carbocycles. The van der Waals surface area contributed by atoms with E-state index in [1.807, 2.05) is 12.1 Å². The molecule has 2 saturated heterocycles. The second-order valence-electron chi connectivity index (χ2n) is 7.73. The molecule has 29 heavy (non-hydrogen) atoms. The Morgan fingerprint density at radius 2 is 1.90 bits per heavy atom. The van der Waals surface area contributed by atoms with Gasteiger partial charge in [-0.3, -0.25) is 14.6 Å². The number of halogens is 1. The molecule has 1 aromatic heterocycles. The zero-order valence-electron chi connectivity index (χ0n) is 16.3. The van der Waals surface area contributed by atoms with Crippen molar-refractivity contribution < 1.29 is 14.0 Å². The standard InChI is InChI=1S/C22H25FN4O2/c23-19-13-18(4-5-20(19)26-10-2-1-3-11-26)25-22(29)17-12-21(28)27(15-17)14-16-6-8-24-9-7-16/h4-9,13,17H,1-3,10-12,14-15H2,(H,25,29). The molecule has 0 radical (unpaired) electrons. The van der Waals surface area contributed by atoms with Crippen molar-refractivity contribution in [2.75, 3.05) is 29.9 Å². The average Bonchev–Trinajstić information content (AvgIpc) is 3.10. The number of likely N-dealkylation sites (tertiary alicyclic amines) is 1. The molecular weight excluding hydrogens is 371 g/mol. The fourth-order valence-electron chi connectivity index (χ4n) is 4.03. The molecular formula is C22H25FN4O2. The first-order valence-electron chi connectivity index (χ1n) is 10.1. The highest BCUT2D eigenvalue weighted by molar-refractivity contribution is 5.97. The lowest BCUT2D eigenvalue weighted by Crippen LogP contribution is -2.30. The largest absolute Gasteiger partial charge is 0.369 e. The summed E-state index contributed by atoms with van der Waals surface area (Å²) in [7, 11) is 0. The van der Waals surface area contributed by atoms with Gasteiger partial charge in [0.05, 0.1) is 11.6 Å². The average molecular weight is 396 g/mol. The third-order valence-electron chi connectivity index (χ3n) is 5.62. The number of nitrogens with one attached hydrogen (secondary N) is 1. The lowest BCUT2D eigenvalue weighted by Gasteiger charge is -2.29. The Morgan fingerprint density at radius 1 is 1.14 bits per heavy atom. The quantitative estimate of drug-likeness (QED) is 0.843. The molecule has 2 fully saturated rings. The van der Waals surface area contributed by atoms with Crippen molar-refractivity contribution in [3.63, 3.8) is 0 Å². The van der Waals surface area contributed by atoms with Gasteiger partial charge in [0.25, 0.3) is 0 Å². The van der Waals surface area contributed by atoms with Crippen LogP contribution < -0.4 is 10.2 Å². The van der Waals surface area contributed by atoms with Crippen LogP contribution in [0.2, 0.25) is 0 Å². The number of benzene rings is 1. The van der Waals surface area contributed by atoms with E-state index in [9.17, 15) is 14.0 Å². The van der Waals surface area contributed by atoms with Crippen molar-refractivity contribution in [2.45, 2.75) is 32.2 Å². The van der Waals surface area contributed by atoms with Gasteiger partial charge in [-0.25, -0.2) is 4.39 Å². The van der Waals surface area contributed by atoms with Gasteiger partial charge in [0, 0.05) is 50.7 Å². The van der Waals surface area contributed by atoms with Crippen LogP contribution >= 0.6 is 0 Å². The maximum absolute atomic E-state index is 14.6. The van der Waals surface area contributed by atoms with Gasteiger partial charge < -0.3 is 15.1 Å². The third kappa shape index (κ3) is 4.55. The second-order valence-corrected chi connectivity index (χ2v) is 7.73. The molecule has 2 amide bonds. The van der Waals surface area contributed by atoms with E-state index in [0.29, 0.717) is 24.5 Å². The molecule has 7 heteroatoms. The molecule has 2 aromatic rings. The van der Waals surface area contributed by atoms with E-state index in [0.717, 1.165) is 31.5 Å². The molecule has 0 saturated carbocycles. The van der Waals surface area contributed by atoms with Crippen molar-refractivity contribution >= 4 is 23.2 Å². The molecule has 0 bridgehead atoms. The molecule has 4 rings (SSSR count). The second kappa shape index (κ2) is 8.59. The van der Waals surface area contributed by atoms with E-state index in [4.69, 9.17) is 0 Å². The number of carbonyl (C=O) groups excluding carboxylic acids is 2. The number of hydrogen-bond donors (Lipinski definition) is 1. The zero-order chi connectivity index (χ0) is 20.2. The molecule has 6 nitrogen and oxygen atoms in total. The normalized spacial score (nSPS) is 19.5. The third-order valence-corrected chi connectivity index (χ3v) is 5.62. The summed E-state index contributed by atoms with van der Waals surface area (Å²) in [6.07, 6.45) is 6.87. The molecule has 1 aromatic carbocycles. The van der Waals surface area contributed by atoms with Crippen LogP contribution in [0.5, 0.6) is 0 Å². The SMILES string of the molecule is O=C(Nc1ccc(N2CCCCC2)c(F)c1)C1CC(=O)N(Cc2ccncc2)C1. The highest BCUT2D eigenvalue weighted by Crippen LogP contribution is 2.27. The Balaban J connectivity index is 1.36. The number of amides is 2. The molecule has 3 heterocycles. The Kier molecular flexibility index (Phi) is 5.74. The number of pyridine rings is 1. The van der Waals surface area contributed by atoms with Gasteiger partial charge in [0.2, 0.25) is 11.8 Å². The summed E-state index contributed by atoms with van der Waals surface area (Å²) in [6.45, 7) is 2.55. The monoisotopic (exact) mass is 396 g/mol. The van der Waals surface area contributed by atoms with E-state index in [1.165, 1.54) is 12.5 Å². The van der Waals surface area contributed by atoms with Crippen molar-refractivity contribution in [3.05, 3.63) is 54.1 Å². The van der Waals surface area contributed by atoms with Gasteiger partial charge in [0.15, 0.2) is 0 Å². The number of anilines is 2. The molecule has 2 aliphatic rings. The van der Waals surface area contributed by atoms with E-state index in [1.54, 1.807) is 29.4 Å². The number of hydrogen-bond acceptors (Lipinski definition) is 4. The molecule has 1 N–H and O–H groups in total. The van der Waals surface area contributed by atoms with Gasteiger partial charge >= 0.3 is 0 Å². The molecule has 0 spiro atoms. The zero-order valence-corrected chi connectivity index (χ0v) is 16.3. The van der Waals surface area contributed by atoms with E-state index < -0.39 is 5.92 Å². The van der Waals surface area contributed by atoms with Crippen LogP contribution in [0.3, 0.4) is 0 Å². The summed E-state index contributed by atoms with van der Waals surface area (Å²) in [5, 5.41) is 2.77. The van der Waals surface area contributed by atoms with Crippen LogP contribution in [0.25, 0.3) is 0 Å². The van der Waals surface area contributed by atoms with Crippen LogP contribution in [0.1, 0.15) is 31.2 Å². The smallest absolute Gasteiger partial charge is 0.229 e. The van der Waals surface area contributed by atoms with Crippen LogP contribution in [0, 0.1) is 11.7 Å². The first kappa shape index (κ1) is 19.4. The van der Waals surface area contributed by atoms with Gasteiger partial charge in [-0.1, -0.05) is 0 Å². The molecule has 1 unspecified atom stereocenters. The van der Waals surface area contributed by atoms with Gasteiger partial charge in [-0.05, 0) is 55.2 Å². The highest BCUT2D eigenvalue weighted by Gasteiger charge is 2.34. The lowest BCUT2D eigenvalue weighted by atomic mass is 10.1.